The summed E-state index contributed by atoms with van der Waals surface area (Å²) in [6, 6.07) is 9.44. The minimum absolute atomic E-state index is 0.239. The monoisotopic (exact) mass is 423 g/mol. The molecule has 0 aliphatic rings. The van der Waals surface area contributed by atoms with Crippen LogP contribution in [0, 0.1) is 19.7 Å². The van der Waals surface area contributed by atoms with Gasteiger partial charge < -0.3 is 10.6 Å². The van der Waals surface area contributed by atoms with E-state index in [-0.39, 0.29) is 10.7 Å². The van der Waals surface area contributed by atoms with E-state index in [2.05, 4.69) is 10.6 Å². The molecule has 2 rings (SSSR count). The Balaban J connectivity index is 2.19. The first-order valence-corrected chi connectivity index (χ1v) is 10.9. The highest BCUT2D eigenvalue weighted by Gasteiger charge is 2.23. The van der Waals surface area contributed by atoms with Crippen LogP contribution >= 0.6 is 12.2 Å². The summed E-state index contributed by atoms with van der Waals surface area (Å²) in [6.45, 7) is 8.66. The lowest BCUT2D eigenvalue weighted by molar-refractivity contribution is 0.445. The second kappa shape index (κ2) is 9.45. The summed E-state index contributed by atoms with van der Waals surface area (Å²) in [6.07, 6.45) is 0. The number of benzene rings is 2. The highest BCUT2D eigenvalue weighted by atomic mass is 32.2. The molecule has 0 radical (unpaired) electrons. The topological polar surface area (TPSA) is 61.4 Å². The molecule has 0 atom stereocenters. The van der Waals surface area contributed by atoms with Gasteiger partial charge in [-0.1, -0.05) is 26.0 Å². The predicted octanol–water partition coefficient (Wildman–Crippen LogP) is 3.96. The summed E-state index contributed by atoms with van der Waals surface area (Å²) in [5.74, 6) is -0.290. The molecular formula is C20H26FN3O2S2. The van der Waals surface area contributed by atoms with Gasteiger partial charge in [-0.05, 0) is 67.0 Å². The van der Waals surface area contributed by atoms with Gasteiger partial charge in [-0.25, -0.2) is 12.8 Å². The molecule has 0 aromatic heterocycles. The van der Waals surface area contributed by atoms with E-state index in [4.69, 9.17) is 12.2 Å². The zero-order valence-corrected chi connectivity index (χ0v) is 18.2. The van der Waals surface area contributed by atoms with Crippen LogP contribution in [-0.4, -0.2) is 30.9 Å². The first-order valence-electron chi connectivity index (χ1n) is 9.09. The largest absolute Gasteiger partial charge is 0.358 e. The normalized spacial score (nSPS) is 11.5. The predicted molar refractivity (Wildman–Crippen MR) is 115 cm³/mol. The van der Waals surface area contributed by atoms with Crippen LogP contribution < -0.4 is 10.6 Å². The Morgan fingerprint density at radius 3 is 2.29 bits per heavy atom. The Morgan fingerprint density at radius 1 is 1.11 bits per heavy atom. The first-order chi connectivity index (χ1) is 13.2. The zero-order chi connectivity index (χ0) is 20.9. The molecule has 152 valence electrons. The van der Waals surface area contributed by atoms with E-state index < -0.39 is 10.0 Å². The highest BCUT2D eigenvalue weighted by molar-refractivity contribution is 7.89. The molecule has 5 nitrogen and oxygen atoms in total. The maximum Gasteiger partial charge on any atom is 0.243 e. The van der Waals surface area contributed by atoms with Gasteiger partial charge in [0.25, 0.3) is 0 Å². The van der Waals surface area contributed by atoms with Crippen molar-refractivity contribution in [3.63, 3.8) is 0 Å². The lowest BCUT2D eigenvalue weighted by Crippen LogP contribution is -2.31. The summed E-state index contributed by atoms with van der Waals surface area (Å²) in [7, 11) is -3.56. The minimum Gasteiger partial charge on any atom is -0.358 e. The smallest absolute Gasteiger partial charge is 0.243 e. The Morgan fingerprint density at radius 2 is 1.71 bits per heavy atom. The van der Waals surface area contributed by atoms with Crippen molar-refractivity contribution in [2.45, 2.75) is 39.1 Å². The van der Waals surface area contributed by atoms with E-state index in [9.17, 15) is 12.8 Å². The number of hydrogen-bond acceptors (Lipinski definition) is 3. The van der Waals surface area contributed by atoms with E-state index in [0.29, 0.717) is 30.4 Å². The molecule has 0 spiro atoms. The molecule has 0 unspecified atom stereocenters. The van der Waals surface area contributed by atoms with Crippen molar-refractivity contribution in [1.29, 1.82) is 0 Å². The third-order valence-electron chi connectivity index (χ3n) is 4.60. The minimum atomic E-state index is -3.56. The van der Waals surface area contributed by atoms with Crippen molar-refractivity contribution in [2.75, 3.05) is 18.4 Å². The fourth-order valence-electron chi connectivity index (χ4n) is 2.77. The van der Waals surface area contributed by atoms with Crippen molar-refractivity contribution in [3.05, 3.63) is 58.9 Å². The van der Waals surface area contributed by atoms with Crippen molar-refractivity contribution in [2.24, 2.45) is 0 Å². The summed E-state index contributed by atoms with van der Waals surface area (Å²) in [5.41, 5.74) is 3.31. The zero-order valence-electron chi connectivity index (χ0n) is 16.5. The van der Waals surface area contributed by atoms with E-state index >= 15 is 0 Å². The first kappa shape index (κ1) is 22.3. The average Bonchev–Trinajstić information content (AvgIpc) is 2.65. The number of nitrogens with zero attached hydrogens (tertiary/aromatic N) is 1. The SMILES string of the molecule is CCN(CC)S(=O)(=O)c1cc(C)c(C)c(NC(=S)NCc2ccc(F)cc2)c1. The van der Waals surface area contributed by atoms with Crippen LogP contribution in [0.15, 0.2) is 41.3 Å². The molecule has 0 aliphatic heterocycles. The number of aryl methyl sites for hydroxylation is 1. The Hall–Kier alpha value is -2.03. The van der Waals surface area contributed by atoms with Crippen LogP contribution in [0.3, 0.4) is 0 Å². The summed E-state index contributed by atoms with van der Waals surface area (Å²) in [4.78, 5) is 0.239. The van der Waals surface area contributed by atoms with Crippen LogP contribution in [-0.2, 0) is 16.6 Å². The number of nitrogens with one attached hydrogen (secondary N) is 2. The fraction of sp³-hybridized carbons (Fsp3) is 0.350. The molecule has 2 N–H and O–H groups in total. The number of thiocarbonyl (C=S) groups is 1. The lowest BCUT2D eigenvalue weighted by Gasteiger charge is -2.21. The maximum atomic E-state index is 13.0. The van der Waals surface area contributed by atoms with E-state index in [1.807, 2.05) is 27.7 Å². The second-order valence-electron chi connectivity index (χ2n) is 6.44. The third kappa shape index (κ3) is 5.27. The maximum absolute atomic E-state index is 13.0. The van der Waals surface area contributed by atoms with Crippen LogP contribution in [0.25, 0.3) is 0 Å². The molecule has 0 bridgehead atoms. The summed E-state index contributed by atoms with van der Waals surface area (Å²) < 4.78 is 40.1. The average molecular weight is 424 g/mol. The molecule has 0 saturated heterocycles. The Kier molecular flexibility index (Phi) is 7.51. The highest BCUT2D eigenvalue weighted by Crippen LogP contribution is 2.26. The molecule has 0 aliphatic carbocycles. The van der Waals surface area contributed by atoms with Crippen LogP contribution in [0.2, 0.25) is 0 Å². The molecule has 2 aromatic rings. The third-order valence-corrected chi connectivity index (χ3v) is 6.87. The molecule has 28 heavy (non-hydrogen) atoms. The van der Waals surface area contributed by atoms with Crippen LogP contribution in [0.5, 0.6) is 0 Å². The van der Waals surface area contributed by atoms with E-state index in [0.717, 1.165) is 16.7 Å². The van der Waals surface area contributed by atoms with E-state index in [1.54, 1.807) is 24.3 Å². The lowest BCUT2D eigenvalue weighted by atomic mass is 10.1. The van der Waals surface area contributed by atoms with Crippen molar-refractivity contribution < 1.29 is 12.8 Å². The molecule has 2 aromatic carbocycles. The quantitative estimate of drug-likeness (QED) is 0.660. The molecular weight excluding hydrogens is 397 g/mol. The number of halogens is 1. The number of hydrogen-bond donors (Lipinski definition) is 2. The van der Waals surface area contributed by atoms with Gasteiger partial charge in [0.2, 0.25) is 10.0 Å². The van der Waals surface area contributed by atoms with Gasteiger partial charge in [-0.2, -0.15) is 4.31 Å². The van der Waals surface area contributed by atoms with Gasteiger partial charge in [-0.3, -0.25) is 0 Å². The molecule has 0 fully saturated rings. The number of sulfonamides is 1. The van der Waals surface area contributed by atoms with Gasteiger partial charge in [0.1, 0.15) is 5.82 Å². The molecule has 0 saturated carbocycles. The van der Waals surface area contributed by atoms with Gasteiger partial charge in [0.05, 0.1) is 4.90 Å². The van der Waals surface area contributed by atoms with Crippen molar-refractivity contribution >= 4 is 33.0 Å². The molecule has 8 heteroatoms. The summed E-state index contributed by atoms with van der Waals surface area (Å²) >= 11 is 5.34. The standard InChI is InChI=1S/C20H26FN3O2S2/c1-5-24(6-2)28(25,26)18-11-14(3)15(4)19(12-18)23-20(27)22-13-16-7-9-17(21)10-8-16/h7-12H,5-6,13H2,1-4H3,(H2,22,23,27). The van der Waals surface area contributed by atoms with Crippen molar-refractivity contribution in [1.82, 2.24) is 9.62 Å². The number of rotatable bonds is 7. The van der Waals surface area contributed by atoms with Crippen molar-refractivity contribution in [3.8, 4) is 0 Å². The molecule has 0 heterocycles. The van der Waals surface area contributed by atoms with Gasteiger partial charge in [0.15, 0.2) is 5.11 Å². The Bertz CT molecular complexity index is 941. The van der Waals surface area contributed by atoms with Gasteiger partial charge in [-0.15, -0.1) is 0 Å². The Labute approximate surface area is 172 Å². The number of anilines is 1. The molecule has 0 amide bonds. The van der Waals surface area contributed by atoms with Gasteiger partial charge >= 0.3 is 0 Å². The second-order valence-corrected chi connectivity index (χ2v) is 8.78. The van der Waals surface area contributed by atoms with E-state index in [1.165, 1.54) is 16.4 Å². The van der Waals surface area contributed by atoms with Crippen LogP contribution in [0.4, 0.5) is 10.1 Å². The summed E-state index contributed by atoms with van der Waals surface area (Å²) in [5, 5.41) is 6.50. The van der Waals surface area contributed by atoms with Crippen LogP contribution in [0.1, 0.15) is 30.5 Å². The van der Waals surface area contributed by atoms with Gasteiger partial charge in [0, 0.05) is 25.3 Å². The fourth-order valence-corrected chi connectivity index (χ4v) is 4.52.